The topological polar surface area (TPSA) is 63.4 Å². The Hall–Kier alpha value is -1.84. The molecule has 0 bridgehead atoms. The number of benzene rings is 1. The van der Waals surface area contributed by atoms with Crippen molar-refractivity contribution in [1.82, 2.24) is 0 Å². The molecule has 1 N–H and O–H groups in total. The minimum Gasteiger partial charge on any atom is -0.623 e. The summed E-state index contributed by atoms with van der Waals surface area (Å²) in [5.74, 6) is -1.11. The predicted molar refractivity (Wildman–Crippen MR) is 66.1 cm³/mol. The molecule has 1 rings (SSSR count). The molecule has 0 spiro atoms. The van der Waals surface area contributed by atoms with Crippen LogP contribution in [0.3, 0.4) is 0 Å². The smallest absolute Gasteiger partial charge is 0.374 e. The third kappa shape index (κ3) is 3.59. The van der Waals surface area contributed by atoms with Crippen LogP contribution in [-0.2, 0) is 4.79 Å². The number of nitrogens with zero attached hydrogens (tertiary/aromatic N) is 1. The highest BCUT2D eigenvalue weighted by Crippen LogP contribution is 2.22. The Labute approximate surface area is 101 Å². The number of carboxylic acids is 1. The summed E-state index contributed by atoms with van der Waals surface area (Å²) in [6, 6.07) is 7.85. The molecular weight excluding hydrogens is 218 g/mol. The van der Waals surface area contributed by atoms with Gasteiger partial charge in [-0.05, 0) is 12.1 Å². The molecule has 0 heterocycles. The first kappa shape index (κ1) is 13.2. The average Bonchev–Trinajstić information content (AvgIpc) is 2.15. The monoisotopic (exact) mass is 235 g/mol. The van der Waals surface area contributed by atoms with E-state index in [9.17, 15) is 10.0 Å². The minimum atomic E-state index is -1.11. The second kappa shape index (κ2) is 4.99. The van der Waals surface area contributed by atoms with E-state index in [4.69, 9.17) is 5.11 Å². The van der Waals surface area contributed by atoms with Gasteiger partial charge in [-0.2, -0.15) is 4.74 Å². The molecular formula is C13H17NO3. The molecule has 0 aliphatic carbocycles. The lowest BCUT2D eigenvalue weighted by Crippen LogP contribution is -2.42. The summed E-state index contributed by atoms with van der Waals surface area (Å²) in [4.78, 5) is 11.1. The molecule has 1 unspecified atom stereocenters. The highest BCUT2D eigenvalue weighted by atomic mass is 16.5. The van der Waals surface area contributed by atoms with Gasteiger partial charge >= 0.3 is 5.97 Å². The molecule has 0 aliphatic heterocycles. The van der Waals surface area contributed by atoms with Crippen LogP contribution in [0.5, 0.6) is 0 Å². The van der Waals surface area contributed by atoms with Crippen LogP contribution in [0.15, 0.2) is 30.3 Å². The largest absolute Gasteiger partial charge is 0.623 e. The first-order chi connectivity index (χ1) is 7.82. The lowest BCUT2D eigenvalue weighted by molar-refractivity contribution is -0.501. The van der Waals surface area contributed by atoms with Gasteiger partial charge in [-0.25, -0.2) is 4.79 Å². The van der Waals surface area contributed by atoms with Gasteiger partial charge in [0, 0.05) is 11.0 Å². The number of aliphatic carboxylic acids is 1. The standard InChI is InChI=1S/C13H17NO3/c1-13(2,3)11(12(15)16)14(17)9-10-7-5-4-6-8-10/h4-9,11H,1-3H3,(H,15,16). The molecule has 0 amide bonds. The molecule has 0 saturated carbocycles. The van der Waals surface area contributed by atoms with Crippen LogP contribution in [0.1, 0.15) is 26.3 Å². The molecule has 0 radical (unpaired) electrons. The number of carbonyl (C=O) groups is 1. The zero-order valence-electron chi connectivity index (χ0n) is 10.3. The fourth-order valence-corrected chi connectivity index (χ4v) is 1.62. The van der Waals surface area contributed by atoms with Gasteiger partial charge in [0.2, 0.25) is 0 Å². The number of hydrogen-bond donors (Lipinski definition) is 1. The van der Waals surface area contributed by atoms with E-state index < -0.39 is 17.4 Å². The quantitative estimate of drug-likeness (QED) is 0.378. The Morgan fingerprint density at radius 2 is 1.88 bits per heavy atom. The van der Waals surface area contributed by atoms with Crippen molar-refractivity contribution in [2.24, 2.45) is 5.41 Å². The lowest BCUT2D eigenvalue weighted by atomic mass is 9.87. The highest BCUT2D eigenvalue weighted by Gasteiger charge is 2.38. The lowest BCUT2D eigenvalue weighted by Gasteiger charge is -2.25. The SMILES string of the molecule is CC(C)(C)C(C(=O)O)[N+]([O-])=Cc1ccccc1. The second-order valence-corrected chi connectivity index (χ2v) is 5.01. The van der Waals surface area contributed by atoms with E-state index >= 15 is 0 Å². The Balaban J connectivity index is 3.05. The number of hydrogen-bond acceptors (Lipinski definition) is 2. The molecule has 1 aromatic carbocycles. The zero-order chi connectivity index (χ0) is 13.1. The van der Waals surface area contributed by atoms with E-state index in [0.29, 0.717) is 10.3 Å². The van der Waals surface area contributed by atoms with Gasteiger partial charge < -0.3 is 10.3 Å². The van der Waals surface area contributed by atoms with E-state index in [1.807, 2.05) is 6.07 Å². The van der Waals surface area contributed by atoms with Crippen LogP contribution in [0, 0.1) is 10.6 Å². The first-order valence-electron chi connectivity index (χ1n) is 5.40. The maximum absolute atomic E-state index is 11.9. The Bertz CT molecular complexity index is 418. The minimum absolute atomic E-state index is 0.512. The van der Waals surface area contributed by atoms with Gasteiger partial charge in [-0.1, -0.05) is 39.0 Å². The predicted octanol–water partition coefficient (Wildman–Crippen LogP) is 2.12. The van der Waals surface area contributed by atoms with Crippen molar-refractivity contribution in [1.29, 1.82) is 0 Å². The normalized spacial score (nSPS) is 14.4. The van der Waals surface area contributed by atoms with E-state index in [1.165, 1.54) is 6.21 Å². The van der Waals surface area contributed by atoms with Crippen LogP contribution in [-0.4, -0.2) is 28.1 Å². The molecule has 92 valence electrons. The van der Waals surface area contributed by atoms with Crippen LogP contribution >= 0.6 is 0 Å². The zero-order valence-corrected chi connectivity index (χ0v) is 10.3. The Morgan fingerprint density at radius 1 is 1.35 bits per heavy atom. The molecule has 1 aromatic rings. The fourth-order valence-electron chi connectivity index (χ4n) is 1.62. The molecule has 1 atom stereocenters. The van der Waals surface area contributed by atoms with Gasteiger partial charge in [-0.15, -0.1) is 0 Å². The summed E-state index contributed by atoms with van der Waals surface area (Å²) >= 11 is 0. The third-order valence-corrected chi connectivity index (χ3v) is 2.38. The van der Waals surface area contributed by atoms with Gasteiger partial charge in [0.1, 0.15) is 0 Å². The van der Waals surface area contributed by atoms with E-state index in [1.54, 1.807) is 45.0 Å². The van der Waals surface area contributed by atoms with Gasteiger partial charge in [-0.3, -0.25) is 0 Å². The summed E-state index contributed by atoms with van der Waals surface area (Å²) in [5.41, 5.74) is 0.0665. The average molecular weight is 235 g/mol. The molecule has 4 heteroatoms. The third-order valence-electron chi connectivity index (χ3n) is 2.38. The van der Waals surface area contributed by atoms with Crippen molar-refractivity contribution in [3.8, 4) is 0 Å². The van der Waals surface area contributed by atoms with Crippen molar-refractivity contribution in [3.05, 3.63) is 41.1 Å². The molecule has 0 fully saturated rings. The summed E-state index contributed by atoms with van der Waals surface area (Å²) in [5, 5.41) is 21.0. The van der Waals surface area contributed by atoms with E-state index in [-0.39, 0.29) is 0 Å². The summed E-state index contributed by atoms with van der Waals surface area (Å²) in [7, 11) is 0. The van der Waals surface area contributed by atoms with Crippen LogP contribution in [0.2, 0.25) is 0 Å². The van der Waals surface area contributed by atoms with Crippen molar-refractivity contribution in [3.63, 3.8) is 0 Å². The molecule has 0 aromatic heterocycles. The summed E-state index contributed by atoms with van der Waals surface area (Å²) < 4.78 is 0.512. The van der Waals surface area contributed by atoms with Gasteiger partial charge in [0.15, 0.2) is 6.21 Å². The van der Waals surface area contributed by atoms with Gasteiger partial charge in [0.25, 0.3) is 6.04 Å². The van der Waals surface area contributed by atoms with Crippen molar-refractivity contribution < 1.29 is 14.6 Å². The number of rotatable bonds is 3. The summed E-state index contributed by atoms with van der Waals surface area (Å²) in [6.45, 7) is 5.20. The van der Waals surface area contributed by atoms with Crippen molar-refractivity contribution in [2.45, 2.75) is 26.8 Å². The number of carboxylic acid groups (broad SMARTS) is 1. The van der Waals surface area contributed by atoms with Crippen LogP contribution in [0.4, 0.5) is 0 Å². The maximum atomic E-state index is 11.9. The fraction of sp³-hybridized carbons (Fsp3) is 0.385. The first-order valence-corrected chi connectivity index (χ1v) is 5.40. The summed E-state index contributed by atoms with van der Waals surface area (Å²) in [6.07, 6.45) is 1.31. The van der Waals surface area contributed by atoms with Crippen LogP contribution in [0.25, 0.3) is 0 Å². The molecule has 17 heavy (non-hydrogen) atoms. The van der Waals surface area contributed by atoms with E-state index in [0.717, 1.165) is 0 Å². The molecule has 0 saturated heterocycles. The highest BCUT2D eigenvalue weighted by molar-refractivity contribution is 5.78. The Kier molecular flexibility index (Phi) is 3.89. The Morgan fingerprint density at radius 3 is 2.29 bits per heavy atom. The second-order valence-electron chi connectivity index (χ2n) is 5.01. The van der Waals surface area contributed by atoms with Crippen LogP contribution < -0.4 is 0 Å². The maximum Gasteiger partial charge on any atom is 0.374 e. The van der Waals surface area contributed by atoms with Gasteiger partial charge in [0.05, 0.1) is 0 Å². The number of hydroxylamine groups is 1. The van der Waals surface area contributed by atoms with Crippen molar-refractivity contribution >= 4 is 12.2 Å². The van der Waals surface area contributed by atoms with Crippen molar-refractivity contribution in [2.75, 3.05) is 0 Å². The van der Waals surface area contributed by atoms with E-state index in [2.05, 4.69) is 0 Å². The molecule has 0 aliphatic rings. The molecule has 4 nitrogen and oxygen atoms in total.